The smallest absolute Gasteiger partial charge is 0.242 e. The van der Waals surface area contributed by atoms with Crippen molar-refractivity contribution in [3.05, 3.63) is 48.0 Å². The lowest BCUT2D eigenvalue weighted by atomic mass is 9.86. The summed E-state index contributed by atoms with van der Waals surface area (Å²) in [6, 6.07) is 14.4. The average molecular weight is 326 g/mol. The number of hydrogen-bond donors (Lipinski definition) is 2. The quantitative estimate of drug-likeness (QED) is 0.901. The summed E-state index contributed by atoms with van der Waals surface area (Å²) in [5.41, 5.74) is 1.11. The Morgan fingerprint density at radius 1 is 1.21 bits per heavy atom. The van der Waals surface area contributed by atoms with E-state index < -0.39 is 6.10 Å². The van der Waals surface area contributed by atoms with Gasteiger partial charge in [0.15, 0.2) is 0 Å². The molecule has 3 rings (SSSR count). The van der Waals surface area contributed by atoms with Crippen LogP contribution in [0.3, 0.4) is 0 Å². The van der Waals surface area contributed by atoms with Crippen LogP contribution < -0.4 is 5.32 Å². The van der Waals surface area contributed by atoms with E-state index in [-0.39, 0.29) is 24.3 Å². The highest BCUT2D eigenvalue weighted by Crippen LogP contribution is 2.30. The van der Waals surface area contributed by atoms with Crippen LogP contribution in [0, 0.1) is 0 Å². The number of β-amino-alcohol motifs (C(OH)–C–C–N with tert-alkyl or cyclic N) is 1. The lowest BCUT2D eigenvalue weighted by Crippen LogP contribution is -2.48. The van der Waals surface area contributed by atoms with E-state index in [1.807, 2.05) is 12.1 Å². The summed E-state index contributed by atoms with van der Waals surface area (Å²) >= 11 is 0. The van der Waals surface area contributed by atoms with Crippen LogP contribution >= 0.6 is 0 Å². The maximum Gasteiger partial charge on any atom is 0.242 e. The molecular formula is C19H22N2O3. The number of fused-ring (bicyclic) bond motifs is 1. The zero-order valence-electron chi connectivity index (χ0n) is 13.7. The van der Waals surface area contributed by atoms with Crippen LogP contribution in [0.1, 0.15) is 24.8 Å². The minimum Gasteiger partial charge on any atom is -0.391 e. The van der Waals surface area contributed by atoms with Crippen molar-refractivity contribution in [2.45, 2.75) is 25.4 Å². The van der Waals surface area contributed by atoms with Crippen molar-refractivity contribution >= 4 is 22.6 Å². The second kappa shape index (κ2) is 7.01. The molecule has 1 fully saturated rings. The molecule has 0 unspecified atom stereocenters. The zero-order chi connectivity index (χ0) is 17.1. The van der Waals surface area contributed by atoms with E-state index in [1.54, 1.807) is 4.90 Å². The molecule has 0 spiro atoms. The largest absolute Gasteiger partial charge is 0.391 e. The third kappa shape index (κ3) is 3.57. The maximum atomic E-state index is 12.1. The highest BCUT2D eigenvalue weighted by atomic mass is 16.3. The van der Waals surface area contributed by atoms with Gasteiger partial charge in [0, 0.05) is 25.9 Å². The fraction of sp³-hybridized carbons (Fsp3) is 0.368. The average Bonchev–Trinajstić information content (AvgIpc) is 2.59. The minimum absolute atomic E-state index is 0.0112. The van der Waals surface area contributed by atoms with Gasteiger partial charge in [0.2, 0.25) is 11.8 Å². The van der Waals surface area contributed by atoms with Gasteiger partial charge >= 0.3 is 0 Å². The summed E-state index contributed by atoms with van der Waals surface area (Å²) < 4.78 is 0. The number of nitrogens with one attached hydrogen (secondary N) is 1. The first kappa shape index (κ1) is 16.5. The van der Waals surface area contributed by atoms with Gasteiger partial charge in [-0.15, -0.1) is 0 Å². The fourth-order valence-electron chi connectivity index (χ4n) is 3.30. The molecule has 0 aliphatic carbocycles. The van der Waals surface area contributed by atoms with E-state index in [9.17, 15) is 14.7 Å². The van der Waals surface area contributed by atoms with E-state index >= 15 is 0 Å². The molecular weight excluding hydrogens is 304 g/mol. The Labute approximate surface area is 141 Å². The van der Waals surface area contributed by atoms with Gasteiger partial charge in [-0.3, -0.25) is 9.59 Å². The van der Waals surface area contributed by atoms with Gasteiger partial charge in [0.1, 0.15) is 0 Å². The molecule has 2 atom stereocenters. The Morgan fingerprint density at radius 2 is 1.96 bits per heavy atom. The summed E-state index contributed by atoms with van der Waals surface area (Å²) in [5, 5.41) is 15.4. The van der Waals surface area contributed by atoms with Crippen LogP contribution in [-0.2, 0) is 9.59 Å². The predicted octanol–water partition coefficient (Wildman–Crippen LogP) is 1.65. The third-order valence-electron chi connectivity index (χ3n) is 4.62. The lowest BCUT2D eigenvalue weighted by Gasteiger charge is -2.36. The normalized spacial score (nSPS) is 20.8. The molecule has 5 heteroatoms. The number of aliphatic hydroxyl groups is 1. The molecule has 1 saturated heterocycles. The fourth-order valence-corrected chi connectivity index (χ4v) is 3.30. The van der Waals surface area contributed by atoms with Crippen LogP contribution in [-0.4, -0.2) is 47.6 Å². The molecule has 24 heavy (non-hydrogen) atoms. The number of likely N-dealkylation sites (tertiary alicyclic amines) is 1. The first-order chi connectivity index (χ1) is 11.5. The lowest BCUT2D eigenvalue weighted by molar-refractivity contribution is -0.135. The number of carbonyl (C=O) groups is 2. The van der Waals surface area contributed by atoms with E-state index in [1.165, 1.54) is 12.3 Å². The molecule has 1 heterocycles. The Morgan fingerprint density at radius 3 is 2.67 bits per heavy atom. The van der Waals surface area contributed by atoms with E-state index in [4.69, 9.17) is 0 Å². The Hall–Kier alpha value is -2.40. The number of piperidine rings is 1. The summed E-state index contributed by atoms with van der Waals surface area (Å²) in [5.74, 6) is -0.351. The SMILES string of the molecule is CC(=O)NCC(=O)N1CC[C@H](c2ccc3ccccc3c2)[C@@H](O)C1. The zero-order valence-corrected chi connectivity index (χ0v) is 13.7. The molecule has 5 nitrogen and oxygen atoms in total. The molecule has 2 aromatic rings. The summed E-state index contributed by atoms with van der Waals surface area (Å²) in [6.07, 6.45) is 0.117. The Balaban J connectivity index is 1.68. The van der Waals surface area contributed by atoms with E-state index in [2.05, 4.69) is 35.6 Å². The number of hydrogen-bond acceptors (Lipinski definition) is 3. The van der Waals surface area contributed by atoms with Crippen LogP contribution in [0.5, 0.6) is 0 Å². The van der Waals surface area contributed by atoms with Gasteiger partial charge in [-0.1, -0.05) is 42.5 Å². The summed E-state index contributed by atoms with van der Waals surface area (Å²) in [7, 11) is 0. The molecule has 2 N–H and O–H groups in total. The molecule has 0 aromatic heterocycles. The summed E-state index contributed by atoms with van der Waals surface area (Å²) in [4.78, 5) is 24.6. The molecule has 1 aliphatic rings. The van der Waals surface area contributed by atoms with Crippen molar-refractivity contribution in [2.24, 2.45) is 0 Å². The van der Waals surface area contributed by atoms with Gasteiger partial charge in [-0.25, -0.2) is 0 Å². The van der Waals surface area contributed by atoms with Crippen molar-refractivity contribution in [2.75, 3.05) is 19.6 Å². The van der Waals surface area contributed by atoms with Crippen molar-refractivity contribution in [3.8, 4) is 0 Å². The molecule has 0 saturated carbocycles. The highest BCUT2D eigenvalue weighted by Gasteiger charge is 2.31. The molecule has 2 aromatic carbocycles. The Kier molecular flexibility index (Phi) is 4.81. The van der Waals surface area contributed by atoms with Crippen molar-refractivity contribution in [1.29, 1.82) is 0 Å². The van der Waals surface area contributed by atoms with Gasteiger partial charge < -0.3 is 15.3 Å². The number of aliphatic hydroxyl groups excluding tert-OH is 1. The molecule has 0 bridgehead atoms. The van der Waals surface area contributed by atoms with Gasteiger partial charge in [-0.05, 0) is 22.8 Å². The second-order valence-electron chi connectivity index (χ2n) is 6.32. The number of carbonyl (C=O) groups excluding carboxylic acids is 2. The first-order valence-electron chi connectivity index (χ1n) is 8.23. The van der Waals surface area contributed by atoms with Crippen molar-refractivity contribution in [1.82, 2.24) is 10.2 Å². The topological polar surface area (TPSA) is 69.6 Å². The molecule has 1 aliphatic heterocycles. The van der Waals surface area contributed by atoms with Crippen LogP contribution in [0.2, 0.25) is 0 Å². The molecule has 126 valence electrons. The van der Waals surface area contributed by atoms with E-state index in [0.717, 1.165) is 10.9 Å². The minimum atomic E-state index is -0.596. The van der Waals surface area contributed by atoms with Crippen molar-refractivity contribution in [3.63, 3.8) is 0 Å². The highest BCUT2D eigenvalue weighted by molar-refractivity contribution is 5.84. The predicted molar refractivity (Wildman–Crippen MR) is 92.6 cm³/mol. The Bertz CT molecular complexity index is 759. The second-order valence-corrected chi connectivity index (χ2v) is 6.32. The number of nitrogens with zero attached hydrogens (tertiary/aromatic N) is 1. The van der Waals surface area contributed by atoms with Crippen molar-refractivity contribution < 1.29 is 14.7 Å². The number of amides is 2. The number of benzene rings is 2. The van der Waals surface area contributed by atoms with Crippen LogP contribution in [0.25, 0.3) is 10.8 Å². The third-order valence-corrected chi connectivity index (χ3v) is 4.62. The summed E-state index contributed by atoms with van der Waals surface area (Å²) in [6.45, 7) is 2.26. The standard InChI is InChI=1S/C19H22N2O3/c1-13(22)20-11-19(24)21-9-8-17(18(23)12-21)16-7-6-14-4-2-3-5-15(14)10-16/h2-7,10,17-18,23H,8-9,11-12H2,1H3,(H,20,22)/t17-,18+/m1/s1. The monoisotopic (exact) mass is 326 g/mol. The maximum absolute atomic E-state index is 12.1. The van der Waals surface area contributed by atoms with Crippen LogP contribution in [0.15, 0.2) is 42.5 Å². The van der Waals surface area contributed by atoms with Crippen LogP contribution in [0.4, 0.5) is 0 Å². The van der Waals surface area contributed by atoms with Gasteiger partial charge in [0.05, 0.1) is 12.6 Å². The first-order valence-corrected chi connectivity index (χ1v) is 8.23. The number of rotatable bonds is 3. The van der Waals surface area contributed by atoms with Gasteiger partial charge in [0.25, 0.3) is 0 Å². The van der Waals surface area contributed by atoms with E-state index in [0.29, 0.717) is 19.5 Å². The molecule has 0 radical (unpaired) electrons. The van der Waals surface area contributed by atoms with Gasteiger partial charge in [-0.2, -0.15) is 0 Å². The molecule has 2 amide bonds.